The van der Waals surface area contributed by atoms with E-state index in [4.69, 9.17) is 22.5 Å². The molecule has 0 aliphatic heterocycles. The minimum absolute atomic E-state index is 0.0460. The van der Waals surface area contributed by atoms with Crippen LogP contribution in [0.2, 0.25) is 5.02 Å². The number of amidine groups is 1. The van der Waals surface area contributed by atoms with Crippen LogP contribution < -0.4 is 5.73 Å². The Balaban J connectivity index is 2.41. The van der Waals surface area contributed by atoms with Crippen molar-refractivity contribution < 1.29 is 5.21 Å². The van der Waals surface area contributed by atoms with Gasteiger partial charge < -0.3 is 10.9 Å². The van der Waals surface area contributed by atoms with E-state index in [1.165, 1.54) is 11.8 Å². The molecular weight excluding hydrogens is 274 g/mol. The van der Waals surface area contributed by atoms with Crippen molar-refractivity contribution in [3.8, 4) is 0 Å². The lowest BCUT2D eigenvalue weighted by atomic mass is 10.2. The molecule has 0 aliphatic rings. The lowest BCUT2D eigenvalue weighted by Crippen LogP contribution is -2.14. The van der Waals surface area contributed by atoms with Crippen LogP contribution in [0.1, 0.15) is 11.4 Å². The molecule has 6 nitrogen and oxygen atoms in total. The zero-order valence-electron chi connectivity index (χ0n) is 9.38. The topological polar surface area (TPSA) is 100 Å². The number of nitrogens with two attached hydrogens (primary N) is 1. The van der Waals surface area contributed by atoms with E-state index < -0.39 is 0 Å². The number of hydrogen-bond donors (Lipinski definition) is 3. The first-order chi connectivity index (χ1) is 8.61. The largest absolute Gasteiger partial charge is 0.409 e. The highest BCUT2D eigenvalue weighted by atomic mass is 35.5. The molecule has 1 aromatic carbocycles. The van der Waals surface area contributed by atoms with E-state index in [0.29, 0.717) is 21.6 Å². The predicted octanol–water partition coefficient (Wildman–Crippen LogP) is 2.01. The van der Waals surface area contributed by atoms with Crippen molar-refractivity contribution in [3.05, 3.63) is 34.6 Å². The van der Waals surface area contributed by atoms with Crippen molar-refractivity contribution in [2.45, 2.75) is 17.0 Å². The van der Waals surface area contributed by atoms with Crippen molar-refractivity contribution in [1.29, 1.82) is 0 Å². The first-order valence-corrected chi connectivity index (χ1v) is 6.14. The summed E-state index contributed by atoms with van der Waals surface area (Å²) >= 11 is 7.32. The first-order valence-electron chi connectivity index (χ1n) is 4.95. The molecule has 2 rings (SSSR count). The van der Waals surface area contributed by atoms with Crippen molar-refractivity contribution >= 4 is 29.2 Å². The fourth-order valence-corrected chi connectivity index (χ4v) is 2.62. The summed E-state index contributed by atoms with van der Waals surface area (Å²) in [4.78, 5) is 4.89. The van der Waals surface area contributed by atoms with Gasteiger partial charge >= 0.3 is 0 Å². The summed E-state index contributed by atoms with van der Waals surface area (Å²) in [7, 11) is 0. The third-order valence-corrected chi connectivity index (χ3v) is 3.36. The van der Waals surface area contributed by atoms with Crippen molar-refractivity contribution in [3.63, 3.8) is 0 Å². The fraction of sp³-hybridized carbons (Fsp3) is 0.100. The Kier molecular flexibility index (Phi) is 3.73. The van der Waals surface area contributed by atoms with E-state index in [9.17, 15) is 0 Å². The number of nitrogens with zero attached hydrogens (tertiary/aromatic N) is 3. The summed E-state index contributed by atoms with van der Waals surface area (Å²) < 4.78 is 0. The molecule has 0 saturated carbocycles. The standard InChI is InChI=1S/C10H10ClN5OS/c1-5-13-10(15-14-5)18-7-4-2-3-6(11)8(7)9(12)16-17/h2-4,17H,1H3,(H2,12,16)(H,13,14,15). The molecule has 1 aromatic heterocycles. The Hall–Kier alpha value is -1.73. The van der Waals surface area contributed by atoms with Crippen LogP contribution in [0.3, 0.4) is 0 Å². The van der Waals surface area contributed by atoms with E-state index in [1.807, 2.05) is 0 Å². The first kappa shape index (κ1) is 12.7. The molecule has 0 atom stereocenters. The molecule has 4 N–H and O–H groups in total. The van der Waals surface area contributed by atoms with Gasteiger partial charge in [-0.05, 0) is 30.8 Å². The number of aromatic amines is 1. The molecule has 0 unspecified atom stereocenters. The normalized spacial score (nSPS) is 11.8. The summed E-state index contributed by atoms with van der Waals surface area (Å²) in [5.41, 5.74) is 6.08. The van der Waals surface area contributed by atoms with Crippen LogP contribution in [0.15, 0.2) is 33.4 Å². The van der Waals surface area contributed by atoms with Crippen molar-refractivity contribution in [2.24, 2.45) is 10.9 Å². The molecule has 0 bridgehead atoms. The zero-order valence-corrected chi connectivity index (χ0v) is 11.0. The second-order valence-corrected chi connectivity index (χ2v) is 4.82. The summed E-state index contributed by atoms with van der Waals surface area (Å²) in [6.45, 7) is 1.81. The monoisotopic (exact) mass is 283 g/mol. The Morgan fingerprint density at radius 2 is 2.33 bits per heavy atom. The Labute approximate surface area is 112 Å². The molecule has 2 aromatic rings. The minimum atomic E-state index is -0.0460. The maximum Gasteiger partial charge on any atom is 0.213 e. The van der Waals surface area contributed by atoms with E-state index in [-0.39, 0.29) is 5.84 Å². The van der Waals surface area contributed by atoms with Gasteiger partial charge in [0.2, 0.25) is 5.16 Å². The molecule has 0 fully saturated rings. The average Bonchev–Trinajstić information content (AvgIpc) is 2.74. The molecule has 0 aliphatic carbocycles. The number of nitrogens with one attached hydrogen (secondary N) is 1. The number of H-pyrrole nitrogens is 1. The van der Waals surface area contributed by atoms with Crippen LogP contribution in [0.4, 0.5) is 0 Å². The van der Waals surface area contributed by atoms with Gasteiger partial charge in [-0.25, -0.2) is 4.98 Å². The van der Waals surface area contributed by atoms with Gasteiger partial charge in [-0.2, -0.15) is 0 Å². The van der Waals surface area contributed by atoms with Crippen LogP contribution >= 0.6 is 23.4 Å². The molecule has 0 spiro atoms. The Bertz CT molecular complexity index is 598. The Morgan fingerprint density at radius 1 is 1.56 bits per heavy atom. The van der Waals surface area contributed by atoms with Crippen molar-refractivity contribution in [2.75, 3.05) is 0 Å². The molecule has 1 heterocycles. The van der Waals surface area contributed by atoms with Crippen LogP contribution in [-0.2, 0) is 0 Å². The summed E-state index contributed by atoms with van der Waals surface area (Å²) in [6.07, 6.45) is 0. The van der Waals surface area contributed by atoms with E-state index >= 15 is 0 Å². The van der Waals surface area contributed by atoms with E-state index in [0.717, 1.165) is 4.90 Å². The van der Waals surface area contributed by atoms with Gasteiger partial charge in [-0.15, -0.1) is 5.10 Å². The summed E-state index contributed by atoms with van der Waals surface area (Å²) in [5.74, 6) is 0.667. The molecule has 0 amide bonds. The third-order valence-electron chi connectivity index (χ3n) is 2.12. The Morgan fingerprint density at radius 3 is 2.94 bits per heavy atom. The number of rotatable bonds is 3. The van der Waals surface area contributed by atoms with Crippen LogP contribution in [0, 0.1) is 6.92 Å². The maximum absolute atomic E-state index is 8.76. The average molecular weight is 284 g/mol. The highest BCUT2D eigenvalue weighted by molar-refractivity contribution is 7.99. The van der Waals surface area contributed by atoms with Gasteiger partial charge in [0.05, 0.1) is 10.6 Å². The molecule has 0 saturated heterocycles. The van der Waals surface area contributed by atoms with Gasteiger partial charge in [0, 0.05) is 4.90 Å². The van der Waals surface area contributed by atoms with Crippen LogP contribution in [-0.4, -0.2) is 26.2 Å². The van der Waals surface area contributed by atoms with Crippen molar-refractivity contribution in [1.82, 2.24) is 15.2 Å². The fourth-order valence-electron chi connectivity index (χ4n) is 1.35. The van der Waals surface area contributed by atoms with Gasteiger partial charge in [-0.3, -0.25) is 5.10 Å². The van der Waals surface area contributed by atoms with Crippen LogP contribution in [0.5, 0.6) is 0 Å². The molecule has 18 heavy (non-hydrogen) atoms. The zero-order chi connectivity index (χ0) is 13.1. The summed E-state index contributed by atoms with van der Waals surface area (Å²) in [6, 6.07) is 5.25. The number of halogens is 1. The highest BCUT2D eigenvalue weighted by Gasteiger charge is 2.14. The second-order valence-electron chi connectivity index (χ2n) is 3.40. The molecule has 0 radical (unpaired) electrons. The number of aryl methyl sites for hydroxylation is 1. The molecule has 94 valence electrons. The maximum atomic E-state index is 8.76. The number of hydrogen-bond acceptors (Lipinski definition) is 5. The quantitative estimate of drug-likeness (QED) is 0.346. The smallest absolute Gasteiger partial charge is 0.213 e. The lowest BCUT2D eigenvalue weighted by molar-refractivity contribution is 0.318. The van der Waals surface area contributed by atoms with E-state index in [2.05, 4.69) is 20.3 Å². The third kappa shape index (κ3) is 2.57. The number of oxime groups is 1. The SMILES string of the molecule is Cc1nc(Sc2cccc(Cl)c2C(N)=NO)n[nH]1. The molecule has 8 heteroatoms. The number of aromatic nitrogens is 3. The second kappa shape index (κ2) is 5.28. The minimum Gasteiger partial charge on any atom is -0.409 e. The lowest BCUT2D eigenvalue weighted by Gasteiger charge is -2.07. The predicted molar refractivity (Wildman–Crippen MR) is 69.2 cm³/mol. The van der Waals surface area contributed by atoms with Gasteiger partial charge in [0.1, 0.15) is 5.82 Å². The van der Waals surface area contributed by atoms with Gasteiger partial charge in [0.15, 0.2) is 5.84 Å². The van der Waals surface area contributed by atoms with E-state index in [1.54, 1.807) is 25.1 Å². The molecular formula is C10H10ClN5OS. The van der Waals surface area contributed by atoms with Gasteiger partial charge in [-0.1, -0.05) is 22.8 Å². The number of benzene rings is 1. The highest BCUT2D eigenvalue weighted by Crippen LogP contribution is 2.31. The van der Waals surface area contributed by atoms with Gasteiger partial charge in [0.25, 0.3) is 0 Å². The van der Waals surface area contributed by atoms with Crippen LogP contribution in [0.25, 0.3) is 0 Å². The summed E-state index contributed by atoms with van der Waals surface area (Å²) in [5, 5.41) is 19.4.